The maximum absolute atomic E-state index is 4.58. The molecule has 0 spiro atoms. The Bertz CT molecular complexity index is 532. The van der Waals surface area contributed by atoms with Crippen LogP contribution in [0.5, 0.6) is 0 Å². The van der Waals surface area contributed by atoms with Gasteiger partial charge < -0.3 is 9.88 Å². The van der Waals surface area contributed by atoms with Crippen LogP contribution in [-0.4, -0.2) is 22.1 Å². The highest BCUT2D eigenvalue weighted by Crippen LogP contribution is 2.33. The Balaban J connectivity index is 1.86. The molecule has 0 amide bonds. The van der Waals surface area contributed by atoms with E-state index in [4.69, 9.17) is 0 Å². The summed E-state index contributed by atoms with van der Waals surface area (Å²) in [6.07, 6.45) is 9.09. The number of nitrogens with one attached hydrogen (secondary N) is 1. The fourth-order valence-electron chi connectivity index (χ4n) is 3.23. The van der Waals surface area contributed by atoms with Gasteiger partial charge in [0.25, 0.3) is 0 Å². The first-order valence-corrected chi connectivity index (χ1v) is 7.71. The van der Waals surface area contributed by atoms with Gasteiger partial charge in [-0.05, 0) is 32.2 Å². The number of imidazole rings is 1. The molecule has 3 heteroatoms. The van der Waals surface area contributed by atoms with E-state index in [1.54, 1.807) is 0 Å². The lowest BCUT2D eigenvalue weighted by Gasteiger charge is -2.24. The number of benzene rings is 1. The van der Waals surface area contributed by atoms with Crippen molar-refractivity contribution in [3.05, 3.63) is 42.7 Å². The van der Waals surface area contributed by atoms with E-state index >= 15 is 0 Å². The van der Waals surface area contributed by atoms with Crippen LogP contribution in [0.4, 0.5) is 0 Å². The second-order valence-electron chi connectivity index (χ2n) is 5.58. The minimum Gasteiger partial charge on any atom is -0.326 e. The summed E-state index contributed by atoms with van der Waals surface area (Å²) in [5.74, 6) is 1.10. The summed E-state index contributed by atoms with van der Waals surface area (Å²) in [5.41, 5.74) is 1.21. The van der Waals surface area contributed by atoms with Crippen molar-refractivity contribution >= 4 is 0 Å². The molecule has 1 saturated carbocycles. The lowest BCUT2D eigenvalue weighted by molar-refractivity contribution is 0.395. The number of aromatic nitrogens is 2. The van der Waals surface area contributed by atoms with E-state index in [2.05, 4.69) is 58.3 Å². The van der Waals surface area contributed by atoms with Crippen molar-refractivity contribution in [1.29, 1.82) is 0 Å². The van der Waals surface area contributed by atoms with Crippen molar-refractivity contribution in [3.8, 4) is 11.4 Å². The van der Waals surface area contributed by atoms with E-state index in [1.165, 1.54) is 31.2 Å². The summed E-state index contributed by atoms with van der Waals surface area (Å²) in [6.45, 7) is 3.33. The van der Waals surface area contributed by atoms with E-state index < -0.39 is 0 Å². The summed E-state index contributed by atoms with van der Waals surface area (Å²) < 4.78 is 2.37. The van der Waals surface area contributed by atoms with E-state index in [-0.39, 0.29) is 0 Å². The van der Waals surface area contributed by atoms with Gasteiger partial charge in [-0.3, -0.25) is 0 Å². The van der Waals surface area contributed by atoms with Crippen molar-refractivity contribution < 1.29 is 0 Å². The Morgan fingerprint density at radius 2 is 2.10 bits per heavy atom. The molecule has 1 aliphatic rings. The van der Waals surface area contributed by atoms with Crippen LogP contribution in [0, 0.1) is 0 Å². The van der Waals surface area contributed by atoms with Crippen molar-refractivity contribution in [2.24, 2.45) is 0 Å². The van der Waals surface area contributed by atoms with Crippen molar-refractivity contribution in [3.63, 3.8) is 0 Å². The molecule has 3 nitrogen and oxygen atoms in total. The highest BCUT2D eigenvalue weighted by atomic mass is 15.1. The van der Waals surface area contributed by atoms with Crippen LogP contribution in [0.1, 0.15) is 38.6 Å². The molecule has 1 fully saturated rings. The molecule has 1 aliphatic carbocycles. The smallest absolute Gasteiger partial charge is 0.140 e. The van der Waals surface area contributed by atoms with Gasteiger partial charge in [-0.25, -0.2) is 4.98 Å². The Morgan fingerprint density at radius 1 is 1.25 bits per heavy atom. The molecule has 1 heterocycles. The van der Waals surface area contributed by atoms with Crippen LogP contribution in [0.2, 0.25) is 0 Å². The third kappa shape index (κ3) is 2.63. The molecular formula is C17H23N3. The minimum atomic E-state index is 0.541. The van der Waals surface area contributed by atoms with Crippen molar-refractivity contribution in [2.75, 3.05) is 6.54 Å². The SMILES string of the molecule is CCCNC1CCCC1n1ccnc1-c1ccccc1. The Kier molecular flexibility index (Phi) is 4.16. The predicted molar refractivity (Wildman–Crippen MR) is 82.6 cm³/mol. The molecule has 1 N–H and O–H groups in total. The van der Waals surface area contributed by atoms with E-state index in [1.807, 2.05) is 6.20 Å². The summed E-state index contributed by atoms with van der Waals surface area (Å²) in [7, 11) is 0. The molecule has 2 aromatic rings. The summed E-state index contributed by atoms with van der Waals surface area (Å²) in [5, 5.41) is 3.70. The second kappa shape index (κ2) is 6.23. The molecule has 0 aliphatic heterocycles. The molecule has 3 rings (SSSR count). The molecular weight excluding hydrogens is 246 g/mol. The molecule has 20 heavy (non-hydrogen) atoms. The monoisotopic (exact) mass is 269 g/mol. The van der Waals surface area contributed by atoms with E-state index in [0.717, 1.165) is 12.4 Å². The number of rotatable bonds is 5. The third-order valence-corrected chi connectivity index (χ3v) is 4.19. The van der Waals surface area contributed by atoms with Crippen LogP contribution >= 0.6 is 0 Å². The van der Waals surface area contributed by atoms with Gasteiger partial charge in [0.15, 0.2) is 0 Å². The minimum absolute atomic E-state index is 0.541. The second-order valence-corrected chi connectivity index (χ2v) is 5.58. The maximum atomic E-state index is 4.58. The number of nitrogens with zero attached hydrogens (tertiary/aromatic N) is 2. The van der Waals surface area contributed by atoms with Crippen LogP contribution < -0.4 is 5.32 Å². The van der Waals surface area contributed by atoms with Crippen molar-refractivity contribution in [1.82, 2.24) is 14.9 Å². The highest BCUT2D eigenvalue weighted by molar-refractivity contribution is 5.55. The van der Waals surface area contributed by atoms with Gasteiger partial charge >= 0.3 is 0 Å². The van der Waals surface area contributed by atoms with Gasteiger partial charge in [0.1, 0.15) is 5.82 Å². The van der Waals surface area contributed by atoms with Gasteiger partial charge in [-0.15, -0.1) is 0 Å². The van der Waals surface area contributed by atoms with Crippen molar-refractivity contribution in [2.45, 2.75) is 44.7 Å². The summed E-state index contributed by atoms with van der Waals surface area (Å²) in [6, 6.07) is 11.6. The summed E-state index contributed by atoms with van der Waals surface area (Å²) >= 11 is 0. The molecule has 1 aromatic heterocycles. The van der Waals surface area contributed by atoms with Crippen LogP contribution in [0.15, 0.2) is 42.7 Å². The van der Waals surface area contributed by atoms with Gasteiger partial charge in [0.2, 0.25) is 0 Å². The number of hydrogen-bond donors (Lipinski definition) is 1. The van der Waals surface area contributed by atoms with Gasteiger partial charge in [-0.1, -0.05) is 37.3 Å². The standard InChI is InChI=1S/C17H23N3/c1-2-11-18-15-9-6-10-16(15)20-13-12-19-17(20)14-7-4-3-5-8-14/h3-5,7-8,12-13,15-16,18H,2,6,9-11H2,1H3. The molecule has 1 aromatic carbocycles. The molecule has 0 radical (unpaired) electrons. The molecule has 2 atom stereocenters. The first-order chi connectivity index (χ1) is 9.90. The molecule has 0 saturated heterocycles. The Morgan fingerprint density at radius 3 is 2.90 bits per heavy atom. The van der Waals surface area contributed by atoms with Gasteiger partial charge in [0, 0.05) is 24.0 Å². The average molecular weight is 269 g/mol. The van der Waals surface area contributed by atoms with E-state index in [0.29, 0.717) is 12.1 Å². The Labute approximate surface area is 121 Å². The average Bonchev–Trinajstić information content (AvgIpc) is 3.14. The quantitative estimate of drug-likeness (QED) is 0.898. The first-order valence-electron chi connectivity index (χ1n) is 7.71. The first kappa shape index (κ1) is 13.4. The predicted octanol–water partition coefficient (Wildman–Crippen LogP) is 3.64. The van der Waals surface area contributed by atoms with Gasteiger partial charge in [0.05, 0.1) is 6.04 Å². The Hall–Kier alpha value is -1.61. The fourth-order valence-corrected chi connectivity index (χ4v) is 3.23. The molecule has 106 valence electrons. The lowest BCUT2D eigenvalue weighted by atomic mass is 10.1. The van der Waals surface area contributed by atoms with Crippen LogP contribution in [-0.2, 0) is 0 Å². The van der Waals surface area contributed by atoms with Crippen LogP contribution in [0.3, 0.4) is 0 Å². The lowest BCUT2D eigenvalue weighted by Crippen LogP contribution is -2.34. The zero-order valence-electron chi connectivity index (χ0n) is 12.1. The highest BCUT2D eigenvalue weighted by Gasteiger charge is 2.29. The van der Waals surface area contributed by atoms with E-state index in [9.17, 15) is 0 Å². The van der Waals surface area contributed by atoms with Crippen LogP contribution in [0.25, 0.3) is 11.4 Å². The summed E-state index contributed by atoms with van der Waals surface area (Å²) in [4.78, 5) is 4.58. The number of hydrogen-bond acceptors (Lipinski definition) is 2. The largest absolute Gasteiger partial charge is 0.326 e. The topological polar surface area (TPSA) is 29.9 Å². The fraction of sp³-hybridized carbons (Fsp3) is 0.471. The zero-order valence-corrected chi connectivity index (χ0v) is 12.1. The van der Waals surface area contributed by atoms with Gasteiger partial charge in [-0.2, -0.15) is 0 Å². The maximum Gasteiger partial charge on any atom is 0.140 e. The molecule has 2 unspecified atom stereocenters. The normalized spacial score (nSPS) is 22.2. The zero-order chi connectivity index (χ0) is 13.8. The molecule has 0 bridgehead atoms. The third-order valence-electron chi connectivity index (χ3n) is 4.19.